The summed E-state index contributed by atoms with van der Waals surface area (Å²) in [4.78, 5) is 23.1. The first kappa shape index (κ1) is 15.5. The van der Waals surface area contributed by atoms with Gasteiger partial charge in [0, 0.05) is 5.92 Å². The molecule has 0 heterocycles. The van der Waals surface area contributed by atoms with Crippen LogP contribution < -0.4 is 5.32 Å². The summed E-state index contributed by atoms with van der Waals surface area (Å²) in [6, 6.07) is 9.32. The van der Waals surface area contributed by atoms with E-state index in [0.29, 0.717) is 25.7 Å². The van der Waals surface area contributed by atoms with Crippen molar-refractivity contribution in [3.63, 3.8) is 0 Å². The first-order valence-electron chi connectivity index (χ1n) is 7.28. The third-order valence-corrected chi connectivity index (χ3v) is 4.04. The molecule has 0 aliphatic heterocycles. The van der Waals surface area contributed by atoms with Crippen LogP contribution in [0.3, 0.4) is 0 Å². The summed E-state index contributed by atoms with van der Waals surface area (Å²) in [6.45, 7) is -0.129. The van der Waals surface area contributed by atoms with Crippen molar-refractivity contribution in [3.05, 3.63) is 35.9 Å². The number of rotatable bonds is 6. The topological polar surface area (TPSA) is 86.6 Å². The Morgan fingerprint density at radius 2 is 1.86 bits per heavy atom. The zero-order valence-corrected chi connectivity index (χ0v) is 11.9. The minimum absolute atomic E-state index is 0.129. The van der Waals surface area contributed by atoms with E-state index in [1.807, 2.05) is 30.3 Å². The molecule has 114 valence electrons. The van der Waals surface area contributed by atoms with Crippen LogP contribution in [0.2, 0.25) is 0 Å². The number of aliphatic hydroxyl groups is 1. The van der Waals surface area contributed by atoms with Crippen molar-refractivity contribution >= 4 is 11.9 Å². The van der Waals surface area contributed by atoms with Gasteiger partial charge in [-0.15, -0.1) is 0 Å². The molecule has 0 bridgehead atoms. The van der Waals surface area contributed by atoms with Gasteiger partial charge in [0.1, 0.15) is 0 Å². The van der Waals surface area contributed by atoms with E-state index in [1.54, 1.807) is 0 Å². The summed E-state index contributed by atoms with van der Waals surface area (Å²) in [6.07, 6.45) is 2.12. The van der Waals surface area contributed by atoms with E-state index in [1.165, 1.54) is 0 Å². The van der Waals surface area contributed by atoms with E-state index in [4.69, 9.17) is 5.11 Å². The van der Waals surface area contributed by atoms with E-state index in [9.17, 15) is 14.7 Å². The van der Waals surface area contributed by atoms with Gasteiger partial charge in [0.25, 0.3) is 0 Å². The van der Waals surface area contributed by atoms with Gasteiger partial charge in [-0.1, -0.05) is 30.3 Å². The summed E-state index contributed by atoms with van der Waals surface area (Å²) >= 11 is 0. The van der Waals surface area contributed by atoms with Gasteiger partial charge in [0.2, 0.25) is 5.91 Å². The summed E-state index contributed by atoms with van der Waals surface area (Å²) < 4.78 is 0. The van der Waals surface area contributed by atoms with Crippen LogP contribution in [0.15, 0.2) is 30.3 Å². The highest BCUT2D eigenvalue weighted by Crippen LogP contribution is 2.31. The maximum atomic E-state index is 12.2. The fourth-order valence-corrected chi connectivity index (χ4v) is 2.82. The molecule has 5 nitrogen and oxygen atoms in total. The SMILES string of the molecule is O=C(O)[C@H]1CC[C@@H](C(=O)N[C@@H](CO)Cc2ccccc2)C1. The lowest BCUT2D eigenvalue weighted by atomic mass is 10.0. The largest absolute Gasteiger partial charge is 0.481 e. The number of carbonyl (C=O) groups excluding carboxylic acids is 1. The normalized spacial score (nSPS) is 22.7. The number of carbonyl (C=O) groups is 2. The highest BCUT2D eigenvalue weighted by atomic mass is 16.4. The molecule has 0 unspecified atom stereocenters. The number of hydrogen-bond donors (Lipinski definition) is 3. The Morgan fingerprint density at radius 1 is 1.19 bits per heavy atom. The van der Waals surface area contributed by atoms with Gasteiger partial charge in [-0.25, -0.2) is 0 Å². The lowest BCUT2D eigenvalue weighted by molar-refractivity contribution is -0.141. The fraction of sp³-hybridized carbons (Fsp3) is 0.500. The Bertz CT molecular complexity index is 488. The zero-order valence-electron chi connectivity index (χ0n) is 11.9. The Balaban J connectivity index is 1.87. The number of nitrogens with one attached hydrogen (secondary N) is 1. The second-order valence-corrected chi connectivity index (χ2v) is 5.62. The Hall–Kier alpha value is -1.88. The quantitative estimate of drug-likeness (QED) is 0.735. The molecular formula is C16H21NO4. The van der Waals surface area contributed by atoms with Crippen LogP contribution in [-0.2, 0) is 16.0 Å². The number of aliphatic carboxylic acids is 1. The average Bonchev–Trinajstić information content (AvgIpc) is 2.97. The van der Waals surface area contributed by atoms with Gasteiger partial charge in [-0.3, -0.25) is 9.59 Å². The molecule has 5 heteroatoms. The minimum atomic E-state index is -0.826. The molecule has 1 aromatic rings. The van der Waals surface area contributed by atoms with Crippen LogP contribution in [0, 0.1) is 11.8 Å². The van der Waals surface area contributed by atoms with Crippen molar-refractivity contribution in [2.45, 2.75) is 31.7 Å². The average molecular weight is 291 g/mol. The summed E-state index contributed by atoms with van der Waals surface area (Å²) in [5.74, 6) is -1.64. The van der Waals surface area contributed by atoms with Crippen molar-refractivity contribution in [1.29, 1.82) is 0 Å². The van der Waals surface area contributed by atoms with Crippen LogP contribution >= 0.6 is 0 Å². The fourth-order valence-electron chi connectivity index (χ4n) is 2.82. The molecule has 3 N–H and O–H groups in total. The monoisotopic (exact) mass is 291 g/mol. The highest BCUT2D eigenvalue weighted by Gasteiger charge is 2.34. The molecule has 1 saturated carbocycles. The predicted octanol–water partition coefficient (Wildman–Crippen LogP) is 1.21. The van der Waals surface area contributed by atoms with Crippen LogP contribution in [0.5, 0.6) is 0 Å². The molecule has 1 fully saturated rings. The third kappa shape index (κ3) is 4.29. The molecule has 2 rings (SSSR count). The lowest BCUT2D eigenvalue weighted by Gasteiger charge is -2.19. The Kier molecular flexibility index (Phi) is 5.33. The number of carboxylic acids is 1. The van der Waals surface area contributed by atoms with E-state index < -0.39 is 11.9 Å². The van der Waals surface area contributed by atoms with E-state index in [2.05, 4.69) is 5.32 Å². The molecule has 0 aromatic heterocycles. The van der Waals surface area contributed by atoms with Crippen molar-refractivity contribution in [3.8, 4) is 0 Å². The smallest absolute Gasteiger partial charge is 0.306 e. The number of hydrogen-bond acceptors (Lipinski definition) is 3. The van der Waals surface area contributed by atoms with E-state index in [-0.39, 0.29) is 24.5 Å². The Labute approximate surface area is 124 Å². The first-order chi connectivity index (χ1) is 10.1. The summed E-state index contributed by atoms with van der Waals surface area (Å²) in [5.41, 5.74) is 1.05. The van der Waals surface area contributed by atoms with Gasteiger partial charge in [-0.2, -0.15) is 0 Å². The molecule has 0 saturated heterocycles. The van der Waals surface area contributed by atoms with Crippen molar-refractivity contribution < 1.29 is 19.8 Å². The van der Waals surface area contributed by atoms with Crippen molar-refractivity contribution in [2.75, 3.05) is 6.61 Å². The molecule has 21 heavy (non-hydrogen) atoms. The van der Waals surface area contributed by atoms with Crippen LogP contribution in [0.25, 0.3) is 0 Å². The van der Waals surface area contributed by atoms with Gasteiger partial charge >= 0.3 is 5.97 Å². The third-order valence-electron chi connectivity index (χ3n) is 4.04. The number of aliphatic hydroxyl groups excluding tert-OH is 1. The molecule has 0 radical (unpaired) electrons. The summed E-state index contributed by atoms with van der Waals surface area (Å²) in [5, 5.41) is 21.2. The van der Waals surface area contributed by atoms with Crippen molar-refractivity contribution in [2.24, 2.45) is 11.8 Å². The zero-order chi connectivity index (χ0) is 15.2. The molecule has 1 aliphatic carbocycles. The predicted molar refractivity (Wildman–Crippen MR) is 77.6 cm³/mol. The van der Waals surface area contributed by atoms with Gasteiger partial charge < -0.3 is 15.5 Å². The second kappa shape index (κ2) is 7.22. The molecule has 1 aromatic carbocycles. The van der Waals surface area contributed by atoms with Gasteiger partial charge in [0.05, 0.1) is 18.6 Å². The van der Waals surface area contributed by atoms with Crippen LogP contribution in [0.4, 0.5) is 0 Å². The first-order valence-corrected chi connectivity index (χ1v) is 7.28. The van der Waals surface area contributed by atoms with E-state index in [0.717, 1.165) is 5.56 Å². The maximum absolute atomic E-state index is 12.2. The molecule has 3 atom stereocenters. The van der Waals surface area contributed by atoms with Gasteiger partial charge in [0.15, 0.2) is 0 Å². The molecule has 1 aliphatic rings. The number of amides is 1. The molecular weight excluding hydrogens is 270 g/mol. The second-order valence-electron chi connectivity index (χ2n) is 5.62. The molecule has 1 amide bonds. The number of benzene rings is 1. The highest BCUT2D eigenvalue weighted by molar-refractivity contribution is 5.81. The van der Waals surface area contributed by atoms with Crippen LogP contribution in [-0.4, -0.2) is 34.7 Å². The standard InChI is InChI=1S/C16H21NO4/c18-10-14(8-11-4-2-1-3-5-11)17-15(19)12-6-7-13(9-12)16(20)21/h1-5,12-14,18H,6-10H2,(H,17,19)(H,20,21)/t12-,13+,14-/m1/s1. The minimum Gasteiger partial charge on any atom is -0.481 e. The summed E-state index contributed by atoms with van der Waals surface area (Å²) in [7, 11) is 0. The van der Waals surface area contributed by atoms with Gasteiger partial charge in [-0.05, 0) is 31.2 Å². The Morgan fingerprint density at radius 3 is 2.43 bits per heavy atom. The molecule has 0 spiro atoms. The maximum Gasteiger partial charge on any atom is 0.306 e. The van der Waals surface area contributed by atoms with Crippen molar-refractivity contribution in [1.82, 2.24) is 5.32 Å². The lowest BCUT2D eigenvalue weighted by Crippen LogP contribution is -2.42. The number of carboxylic acid groups (broad SMARTS) is 1. The van der Waals surface area contributed by atoms with Crippen LogP contribution in [0.1, 0.15) is 24.8 Å². The van der Waals surface area contributed by atoms with E-state index >= 15 is 0 Å².